The van der Waals surface area contributed by atoms with Gasteiger partial charge in [-0.3, -0.25) is 9.59 Å². The fraction of sp³-hybridized carbons (Fsp3) is 0.261. The zero-order valence-corrected chi connectivity index (χ0v) is 19.1. The summed E-state index contributed by atoms with van der Waals surface area (Å²) in [4.78, 5) is 37.4. The number of amides is 2. The zero-order chi connectivity index (χ0) is 23.0. The lowest BCUT2D eigenvalue weighted by atomic mass is 10.0. The highest BCUT2D eigenvalue weighted by Crippen LogP contribution is 2.18. The molecule has 0 aliphatic heterocycles. The molecule has 0 spiro atoms. The topological polar surface area (TPSA) is 105 Å². The van der Waals surface area contributed by atoms with Gasteiger partial charge < -0.3 is 20.5 Å². The number of rotatable bonds is 9. The number of carboxylic acids is 1. The third-order valence-electron chi connectivity index (χ3n) is 4.34. The molecule has 1 atom stereocenters. The lowest BCUT2D eigenvalue weighted by molar-refractivity contribution is -0.141. The highest BCUT2D eigenvalue weighted by atomic mass is 79.9. The van der Waals surface area contributed by atoms with Crippen LogP contribution in [0.2, 0.25) is 0 Å². The number of hydrogen-bond acceptors (Lipinski definition) is 4. The van der Waals surface area contributed by atoms with Gasteiger partial charge in [0, 0.05) is 4.47 Å². The number of para-hydroxylation sites is 1. The Morgan fingerprint density at radius 3 is 2.32 bits per heavy atom. The van der Waals surface area contributed by atoms with Gasteiger partial charge in [0.15, 0.2) is 0 Å². The van der Waals surface area contributed by atoms with Crippen molar-refractivity contribution in [1.29, 1.82) is 0 Å². The second-order valence-electron chi connectivity index (χ2n) is 7.26. The van der Waals surface area contributed by atoms with Crippen molar-refractivity contribution in [3.05, 3.63) is 69.8 Å². The quantitative estimate of drug-likeness (QED) is 0.465. The summed E-state index contributed by atoms with van der Waals surface area (Å²) in [5.74, 6) is -1.97. The standard InChI is InChI=1S/C23H25BrN2O5/c1-14(2)12-19(23(29)30)26-22(28)18(13-15-8-10-16(24)11-9-15)25-21(27)17-6-4-5-7-20(17)31-3/h4-11,13-14,19H,12H2,1-3H3,(H,25,27)(H,26,28)(H,29,30)/b18-13-/t19-/m0/s1. The molecule has 0 bridgehead atoms. The van der Waals surface area contributed by atoms with Gasteiger partial charge in [-0.15, -0.1) is 0 Å². The van der Waals surface area contributed by atoms with Crippen LogP contribution in [0.5, 0.6) is 5.75 Å². The van der Waals surface area contributed by atoms with Crippen molar-refractivity contribution < 1.29 is 24.2 Å². The van der Waals surface area contributed by atoms with E-state index < -0.39 is 23.8 Å². The van der Waals surface area contributed by atoms with Crippen LogP contribution in [0.1, 0.15) is 36.2 Å². The average Bonchev–Trinajstić information content (AvgIpc) is 2.73. The first-order chi connectivity index (χ1) is 14.7. The van der Waals surface area contributed by atoms with Crippen LogP contribution in [0.15, 0.2) is 58.7 Å². The summed E-state index contributed by atoms with van der Waals surface area (Å²) in [5, 5.41) is 14.6. The van der Waals surface area contributed by atoms with E-state index >= 15 is 0 Å². The van der Waals surface area contributed by atoms with Crippen LogP contribution in [-0.2, 0) is 9.59 Å². The average molecular weight is 489 g/mol. The van der Waals surface area contributed by atoms with Gasteiger partial charge in [0.2, 0.25) is 0 Å². The molecule has 2 amide bonds. The van der Waals surface area contributed by atoms with Gasteiger partial charge in [0.05, 0.1) is 12.7 Å². The van der Waals surface area contributed by atoms with Crippen molar-refractivity contribution in [2.24, 2.45) is 5.92 Å². The normalized spacial score (nSPS) is 12.2. The van der Waals surface area contributed by atoms with Crippen LogP contribution in [0, 0.1) is 5.92 Å². The van der Waals surface area contributed by atoms with Gasteiger partial charge in [-0.05, 0) is 48.2 Å². The smallest absolute Gasteiger partial charge is 0.326 e. The summed E-state index contributed by atoms with van der Waals surface area (Å²) < 4.78 is 6.07. The van der Waals surface area contributed by atoms with Crippen molar-refractivity contribution in [2.45, 2.75) is 26.3 Å². The van der Waals surface area contributed by atoms with Crippen LogP contribution in [0.25, 0.3) is 6.08 Å². The summed E-state index contributed by atoms with van der Waals surface area (Å²) >= 11 is 3.35. The summed E-state index contributed by atoms with van der Waals surface area (Å²) in [7, 11) is 1.45. The Kier molecular flexibility index (Phi) is 8.81. The SMILES string of the molecule is COc1ccccc1C(=O)N/C(=C\c1ccc(Br)cc1)C(=O)N[C@@H](CC(C)C)C(=O)O. The molecule has 0 unspecified atom stereocenters. The second kappa shape index (κ2) is 11.3. The minimum Gasteiger partial charge on any atom is -0.496 e. The van der Waals surface area contributed by atoms with Crippen molar-refractivity contribution in [3.63, 3.8) is 0 Å². The number of carboxylic acid groups (broad SMARTS) is 1. The molecule has 0 saturated heterocycles. The molecule has 0 saturated carbocycles. The first-order valence-corrected chi connectivity index (χ1v) is 10.5. The minimum absolute atomic E-state index is 0.0588. The van der Waals surface area contributed by atoms with Crippen molar-refractivity contribution in [1.82, 2.24) is 10.6 Å². The first-order valence-electron chi connectivity index (χ1n) is 9.66. The van der Waals surface area contributed by atoms with Crippen molar-refractivity contribution in [3.8, 4) is 5.75 Å². The second-order valence-corrected chi connectivity index (χ2v) is 8.17. The van der Waals surface area contributed by atoms with Gasteiger partial charge in [-0.25, -0.2) is 4.79 Å². The van der Waals surface area contributed by atoms with Gasteiger partial charge in [-0.1, -0.05) is 54.0 Å². The van der Waals surface area contributed by atoms with E-state index in [1.807, 2.05) is 13.8 Å². The Hall–Kier alpha value is -3.13. The van der Waals surface area contributed by atoms with Crippen LogP contribution >= 0.6 is 15.9 Å². The van der Waals surface area contributed by atoms with E-state index in [0.29, 0.717) is 11.3 Å². The lowest BCUT2D eigenvalue weighted by Gasteiger charge is -2.18. The molecule has 8 heteroatoms. The Bertz CT molecular complexity index is 970. The molecule has 164 valence electrons. The molecule has 0 aliphatic carbocycles. The molecule has 0 aliphatic rings. The van der Waals surface area contributed by atoms with Gasteiger partial charge >= 0.3 is 5.97 Å². The number of benzene rings is 2. The van der Waals surface area contributed by atoms with Crippen molar-refractivity contribution in [2.75, 3.05) is 7.11 Å². The summed E-state index contributed by atoms with van der Waals surface area (Å²) in [6.07, 6.45) is 1.75. The van der Waals surface area contributed by atoms with E-state index in [9.17, 15) is 19.5 Å². The highest BCUT2D eigenvalue weighted by molar-refractivity contribution is 9.10. The van der Waals surface area contributed by atoms with Crippen LogP contribution < -0.4 is 15.4 Å². The molecular weight excluding hydrogens is 464 g/mol. The van der Waals surface area contributed by atoms with Gasteiger partial charge in [0.25, 0.3) is 11.8 Å². The Morgan fingerprint density at radius 2 is 1.74 bits per heavy atom. The predicted octanol–water partition coefficient (Wildman–Crippen LogP) is 3.84. The van der Waals surface area contributed by atoms with E-state index in [4.69, 9.17) is 4.74 Å². The predicted molar refractivity (Wildman–Crippen MR) is 122 cm³/mol. The maximum atomic E-state index is 12.9. The zero-order valence-electron chi connectivity index (χ0n) is 17.5. The lowest BCUT2D eigenvalue weighted by Crippen LogP contribution is -2.45. The van der Waals surface area contributed by atoms with E-state index in [-0.39, 0.29) is 23.6 Å². The third kappa shape index (κ3) is 7.25. The summed E-state index contributed by atoms with van der Waals surface area (Å²) in [6, 6.07) is 12.6. The maximum Gasteiger partial charge on any atom is 0.326 e. The Labute approximate surface area is 189 Å². The molecule has 31 heavy (non-hydrogen) atoms. The third-order valence-corrected chi connectivity index (χ3v) is 4.86. The highest BCUT2D eigenvalue weighted by Gasteiger charge is 2.24. The van der Waals surface area contributed by atoms with E-state index in [2.05, 4.69) is 26.6 Å². The van der Waals surface area contributed by atoms with Gasteiger partial charge in [0.1, 0.15) is 17.5 Å². The van der Waals surface area contributed by atoms with Crippen LogP contribution in [-0.4, -0.2) is 36.0 Å². The molecular formula is C23H25BrN2O5. The first kappa shape index (κ1) is 24.1. The largest absolute Gasteiger partial charge is 0.496 e. The molecule has 0 fully saturated rings. The molecule has 0 aromatic heterocycles. The van der Waals surface area contributed by atoms with Gasteiger partial charge in [-0.2, -0.15) is 0 Å². The molecule has 0 radical (unpaired) electrons. The summed E-state index contributed by atoms with van der Waals surface area (Å²) in [6.45, 7) is 3.73. The molecule has 2 aromatic rings. The number of carbonyl (C=O) groups excluding carboxylic acids is 2. The van der Waals surface area contributed by atoms with E-state index in [1.165, 1.54) is 13.2 Å². The molecule has 2 aromatic carbocycles. The number of hydrogen-bond donors (Lipinski definition) is 3. The maximum absolute atomic E-state index is 12.9. The number of carbonyl (C=O) groups is 3. The van der Waals surface area contributed by atoms with Crippen LogP contribution in [0.3, 0.4) is 0 Å². The molecule has 0 heterocycles. The Morgan fingerprint density at radius 1 is 1.10 bits per heavy atom. The number of aliphatic carboxylic acids is 1. The molecule has 3 N–H and O–H groups in total. The summed E-state index contributed by atoms with van der Waals surface area (Å²) in [5.41, 5.74) is 0.828. The fourth-order valence-electron chi connectivity index (χ4n) is 2.83. The number of methoxy groups -OCH3 is 1. The number of ether oxygens (including phenoxy) is 1. The molecule has 7 nitrogen and oxygen atoms in total. The molecule has 2 rings (SSSR count). The van der Waals surface area contributed by atoms with Crippen molar-refractivity contribution >= 4 is 39.8 Å². The number of nitrogens with one attached hydrogen (secondary N) is 2. The number of halogens is 1. The van der Waals surface area contributed by atoms with E-state index in [1.54, 1.807) is 48.5 Å². The Balaban J connectivity index is 2.36. The van der Waals surface area contributed by atoms with E-state index in [0.717, 1.165) is 4.47 Å². The van der Waals surface area contributed by atoms with Crippen LogP contribution in [0.4, 0.5) is 0 Å². The monoisotopic (exact) mass is 488 g/mol. The minimum atomic E-state index is -1.14. The fourth-order valence-corrected chi connectivity index (χ4v) is 3.10.